The molecule has 1 aromatic carbocycles. The van der Waals surface area contributed by atoms with Gasteiger partial charge < -0.3 is 4.90 Å². The van der Waals surface area contributed by atoms with Crippen LogP contribution in [0, 0.1) is 0 Å². The van der Waals surface area contributed by atoms with Crippen molar-refractivity contribution >= 4 is 27.5 Å². The molecule has 1 fully saturated rings. The average molecular weight is 308 g/mol. The number of benzene rings is 1. The van der Waals surface area contributed by atoms with Crippen molar-refractivity contribution in [2.24, 2.45) is 0 Å². The number of carbonyl (C=O) groups excluding carboxylic acids is 1. The molecule has 1 heterocycles. The minimum Gasteiger partial charge on any atom is -0.311 e. The van der Waals surface area contributed by atoms with E-state index < -0.39 is 11.7 Å². The molecule has 6 heteroatoms. The molecule has 1 aliphatic heterocycles. The molecule has 0 bridgehead atoms. The summed E-state index contributed by atoms with van der Waals surface area (Å²) in [5, 5.41) is 0. The van der Waals surface area contributed by atoms with Crippen LogP contribution in [-0.2, 0) is 11.0 Å². The van der Waals surface area contributed by atoms with Crippen molar-refractivity contribution in [3.8, 4) is 0 Å². The highest BCUT2D eigenvalue weighted by Gasteiger charge is 2.32. The Kier molecular flexibility index (Phi) is 3.16. The van der Waals surface area contributed by atoms with Crippen molar-refractivity contribution in [2.75, 3.05) is 11.4 Å². The highest BCUT2D eigenvalue weighted by molar-refractivity contribution is 9.10. The van der Waals surface area contributed by atoms with E-state index in [1.807, 2.05) is 0 Å². The van der Waals surface area contributed by atoms with Crippen LogP contribution in [0.3, 0.4) is 0 Å². The zero-order valence-corrected chi connectivity index (χ0v) is 10.3. The minimum atomic E-state index is -4.34. The van der Waals surface area contributed by atoms with Crippen LogP contribution in [0.25, 0.3) is 0 Å². The van der Waals surface area contributed by atoms with E-state index in [2.05, 4.69) is 15.9 Å². The van der Waals surface area contributed by atoms with Crippen LogP contribution in [0.4, 0.5) is 18.9 Å². The second-order valence-corrected chi connectivity index (χ2v) is 4.90. The van der Waals surface area contributed by atoms with E-state index in [0.717, 1.165) is 12.1 Å². The number of halogens is 4. The van der Waals surface area contributed by atoms with Gasteiger partial charge in [0.05, 0.1) is 10.4 Å². The Morgan fingerprint density at radius 2 is 1.82 bits per heavy atom. The molecule has 17 heavy (non-hydrogen) atoms. The van der Waals surface area contributed by atoms with E-state index in [1.165, 1.54) is 17.0 Å². The number of nitrogens with zero attached hydrogens (tertiary/aromatic N) is 1. The van der Waals surface area contributed by atoms with Crippen molar-refractivity contribution in [3.63, 3.8) is 0 Å². The third kappa shape index (κ3) is 2.46. The normalized spacial score (nSPS) is 21.1. The van der Waals surface area contributed by atoms with Crippen LogP contribution in [0.2, 0.25) is 0 Å². The molecule has 1 atom stereocenters. The summed E-state index contributed by atoms with van der Waals surface area (Å²) in [7, 11) is 0. The molecule has 1 aliphatic rings. The second kappa shape index (κ2) is 4.33. The Bertz CT molecular complexity index is 429. The minimum absolute atomic E-state index is 0.107. The first-order chi connectivity index (χ1) is 7.89. The van der Waals surface area contributed by atoms with Gasteiger partial charge in [-0.15, -0.1) is 0 Å². The molecule has 0 aromatic heterocycles. The quantitative estimate of drug-likeness (QED) is 0.730. The van der Waals surface area contributed by atoms with Gasteiger partial charge in [-0.05, 0) is 30.7 Å². The molecule has 0 saturated carbocycles. The van der Waals surface area contributed by atoms with E-state index >= 15 is 0 Å². The molecule has 1 saturated heterocycles. The summed E-state index contributed by atoms with van der Waals surface area (Å²) < 4.78 is 37.0. The fourth-order valence-electron chi connectivity index (χ4n) is 1.73. The van der Waals surface area contributed by atoms with E-state index in [1.54, 1.807) is 0 Å². The maximum Gasteiger partial charge on any atom is 0.416 e. The molecule has 1 aromatic rings. The van der Waals surface area contributed by atoms with Crippen LogP contribution in [-0.4, -0.2) is 17.3 Å². The number of rotatable bonds is 1. The van der Waals surface area contributed by atoms with Gasteiger partial charge in [-0.3, -0.25) is 4.79 Å². The van der Waals surface area contributed by atoms with Gasteiger partial charge >= 0.3 is 6.18 Å². The largest absolute Gasteiger partial charge is 0.416 e. The molecule has 2 rings (SSSR count). The summed E-state index contributed by atoms with van der Waals surface area (Å²) in [6.07, 6.45) is -3.68. The lowest BCUT2D eigenvalue weighted by Crippen LogP contribution is -2.27. The Morgan fingerprint density at radius 1 is 1.24 bits per heavy atom. The van der Waals surface area contributed by atoms with E-state index in [9.17, 15) is 18.0 Å². The molecule has 1 unspecified atom stereocenters. The van der Waals surface area contributed by atoms with Crippen LogP contribution in [0.15, 0.2) is 24.3 Å². The molecule has 0 aliphatic carbocycles. The second-order valence-electron chi connectivity index (χ2n) is 3.79. The van der Waals surface area contributed by atoms with Gasteiger partial charge in [0, 0.05) is 12.2 Å². The van der Waals surface area contributed by atoms with Gasteiger partial charge in [0.1, 0.15) is 0 Å². The highest BCUT2D eigenvalue weighted by Crippen LogP contribution is 2.32. The Morgan fingerprint density at radius 3 is 2.24 bits per heavy atom. The summed E-state index contributed by atoms with van der Waals surface area (Å²) in [5.41, 5.74) is -0.201. The predicted molar refractivity (Wildman–Crippen MR) is 61.1 cm³/mol. The van der Waals surface area contributed by atoms with Crippen molar-refractivity contribution in [1.29, 1.82) is 0 Å². The first-order valence-electron chi connectivity index (χ1n) is 5.02. The molecule has 0 N–H and O–H groups in total. The fraction of sp³-hybridized carbons (Fsp3) is 0.364. The smallest absolute Gasteiger partial charge is 0.311 e. The zero-order valence-electron chi connectivity index (χ0n) is 8.67. The zero-order chi connectivity index (χ0) is 12.6. The van der Waals surface area contributed by atoms with Gasteiger partial charge in [-0.1, -0.05) is 15.9 Å². The van der Waals surface area contributed by atoms with Gasteiger partial charge in [-0.25, -0.2) is 0 Å². The van der Waals surface area contributed by atoms with Crippen molar-refractivity contribution < 1.29 is 18.0 Å². The topological polar surface area (TPSA) is 20.3 Å². The summed E-state index contributed by atoms with van der Waals surface area (Å²) in [6.45, 7) is 0.528. The molecular formula is C11H9BrF3NO. The van der Waals surface area contributed by atoms with Crippen molar-refractivity contribution in [1.82, 2.24) is 0 Å². The van der Waals surface area contributed by atoms with Gasteiger partial charge in [0.15, 0.2) is 0 Å². The average Bonchev–Trinajstić information content (AvgIpc) is 2.59. The number of amides is 1. The Balaban J connectivity index is 2.22. The lowest BCUT2D eigenvalue weighted by atomic mass is 10.2. The van der Waals surface area contributed by atoms with Crippen molar-refractivity contribution in [3.05, 3.63) is 29.8 Å². The lowest BCUT2D eigenvalue weighted by molar-refractivity contribution is -0.137. The standard InChI is InChI=1S/C11H9BrF3NO/c12-9-5-6-16(10(9)17)8-3-1-7(2-4-8)11(13,14)15/h1-4,9H,5-6H2. The van der Waals surface area contributed by atoms with Gasteiger partial charge in [0.25, 0.3) is 0 Å². The number of hydrogen-bond donors (Lipinski definition) is 0. The first-order valence-corrected chi connectivity index (χ1v) is 5.94. The van der Waals surface area contributed by atoms with E-state index in [0.29, 0.717) is 18.7 Å². The lowest BCUT2D eigenvalue weighted by Gasteiger charge is -2.16. The Hall–Kier alpha value is -1.04. The number of carbonyl (C=O) groups is 1. The van der Waals surface area contributed by atoms with Crippen molar-refractivity contribution in [2.45, 2.75) is 17.4 Å². The first kappa shape index (κ1) is 12.4. The predicted octanol–water partition coefficient (Wildman–Crippen LogP) is 3.21. The SMILES string of the molecule is O=C1C(Br)CCN1c1ccc(C(F)(F)F)cc1. The molecular weight excluding hydrogens is 299 g/mol. The summed E-state index contributed by atoms with van der Waals surface area (Å²) in [5.74, 6) is -0.107. The Labute approximate surface area is 105 Å². The van der Waals surface area contributed by atoms with Crippen LogP contribution in [0.1, 0.15) is 12.0 Å². The highest BCUT2D eigenvalue weighted by atomic mass is 79.9. The molecule has 92 valence electrons. The van der Waals surface area contributed by atoms with Crippen LogP contribution in [0.5, 0.6) is 0 Å². The van der Waals surface area contributed by atoms with Crippen LogP contribution < -0.4 is 4.90 Å². The summed E-state index contributed by atoms with van der Waals surface area (Å²) >= 11 is 3.22. The maximum absolute atomic E-state index is 12.3. The van der Waals surface area contributed by atoms with E-state index in [4.69, 9.17) is 0 Å². The third-order valence-corrected chi connectivity index (χ3v) is 3.50. The number of anilines is 1. The summed E-state index contributed by atoms with van der Waals surface area (Å²) in [6, 6.07) is 4.63. The number of alkyl halides is 4. The van der Waals surface area contributed by atoms with E-state index in [-0.39, 0.29) is 10.7 Å². The molecule has 2 nitrogen and oxygen atoms in total. The molecule has 0 radical (unpaired) electrons. The summed E-state index contributed by atoms with van der Waals surface area (Å²) in [4.78, 5) is 12.9. The monoisotopic (exact) mass is 307 g/mol. The van der Waals surface area contributed by atoms with Gasteiger partial charge in [-0.2, -0.15) is 13.2 Å². The maximum atomic E-state index is 12.3. The molecule has 0 spiro atoms. The molecule has 1 amide bonds. The van der Waals surface area contributed by atoms with Crippen LogP contribution >= 0.6 is 15.9 Å². The van der Waals surface area contributed by atoms with Gasteiger partial charge in [0.2, 0.25) is 5.91 Å². The third-order valence-electron chi connectivity index (χ3n) is 2.65. The fourth-order valence-corrected chi connectivity index (χ4v) is 2.18. The number of hydrogen-bond acceptors (Lipinski definition) is 1.